The number of imidazole rings is 1. The molecule has 0 radical (unpaired) electrons. The first-order chi connectivity index (χ1) is 9.74. The number of aromatic nitrogens is 3. The van der Waals surface area contributed by atoms with Gasteiger partial charge in [-0.25, -0.2) is 4.98 Å². The van der Waals surface area contributed by atoms with Crippen LogP contribution in [0.2, 0.25) is 0 Å². The lowest BCUT2D eigenvalue weighted by molar-refractivity contribution is 0.614. The quantitative estimate of drug-likeness (QED) is 0.924. The second-order valence-corrected chi connectivity index (χ2v) is 5.67. The standard InChI is InChI=1S/C16H22N4/c1-12-11-20(13(2)15-9-5-6-10-17-15)16(18-12)19-14-7-3-4-8-14/h5-6,9-11,13-14H,3-4,7-8H2,1-2H3,(H,18,19). The van der Waals surface area contributed by atoms with Crippen molar-refractivity contribution in [3.8, 4) is 0 Å². The number of hydrogen-bond acceptors (Lipinski definition) is 3. The Hall–Kier alpha value is -1.84. The molecule has 1 saturated carbocycles. The van der Waals surface area contributed by atoms with Gasteiger partial charge in [-0.1, -0.05) is 18.9 Å². The smallest absolute Gasteiger partial charge is 0.203 e. The lowest BCUT2D eigenvalue weighted by atomic mass is 10.2. The summed E-state index contributed by atoms with van der Waals surface area (Å²) in [6, 6.07) is 6.83. The number of pyridine rings is 1. The second kappa shape index (κ2) is 5.65. The molecule has 1 N–H and O–H groups in total. The third-order valence-electron chi connectivity index (χ3n) is 4.07. The normalized spacial score (nSPS) is 17.3. The van der Waals surface area contributed by atoms with E-state index in [0.29, 0.717) is 6.04 Å². The van der Waals surface area contributed by atoms with E-state index in [9.17, 15) is 0 Å². The summed E-state index contributed by atoms with van der Waals surface area (Å²) >= 11 is 0. The molecule has 2 heterocycles. The molecule has 1 aliphatic carbocycles. The number of nitrogens with one attached hydrogen (secondary N) is 1. The van der Waals surface area contributed by atoms with Gasteiger partial charge in [-0.05, 0) is 38.8 Å². The largest absolute Gasteiger partial charge is 0.353 e. The predicted octanol–water partition coefficient (Wildman–Crippen LogP) is 3.55. The van der Waals surface area contributed by atoms with E-state index < -0.39 is 0 Å². The highest BCUT2D eigenvalue weighted by Crippen LogP contribution is 2.25. The van der Waals surface area contributed by atoms with Crippen molar-refractivity contribution >= 4 is 5.95 Å². The van der Waals surface area contributed by atoms with Crippen LogP contribution in [0.4, 0.5) is 5.95 Å². The molecule has 4 nitrogen and oxygen atoms in total. The Balaban J connectivity index is 1.85. The van der Waals surface area contributed by atoms with Gasteiger partial charge >= 0.3 is 0 Å². The zero-order valence-corrected chi connectivity index (χ0v) is 12.2. The highest BCUT2D eigenvalue weighted by Gasteiger charge is 2.19. The van der Waals surface area contributed by atoms with Gasteiger partial charge in [0, 0.05) is 18.4 Å². The van der Waals surface area contributed by atoms with E-state index in [1.807, 2.05) is 25.3 Å². The molecule has 0 amide bonds. The molecule has 0 aromatic carbocycles. The van der Waals surface area contributed by atoms with Crippen LogP contribution in [0.5, 0.6) is 0 Å². The summed E-state index contributed by atoms with van der Waals surface area (Å²) in [5.41, 5.74) is 2.12. The average Bonchev–Trinajstić information content (AvgIpc) is 3.09. The van der Waals surface area contributed by atoms with Crippen LogP contribution in [-0.2, 0) is 0 Å². The summed E-state index contributed by atoms with van der Waals surface area (Å²) in [6.07, 6.45) is 9.12. The highest BCUT2D eigenvalue weighted by atomic mass is 15.2. The minimum atomic E-state index is 0.196. The lowest BCUT2D eigenvalue weighted by Crippen LogP contribution is -2.20. The maximum absolute atomic E-state index is 4.64. The van der Waals surface area contributed by atoms with E-state index in [1.165, 1.54) is 25.7 Å². The molecule has 0 saturated heterocycles. The van der Waals surface area contributed by atoms with Crippen LogP contribution in [-0.4, -0.2) is 20.6 Å². The molecule has 20 heavy (non-hydrogen) atoms. The van der Waals surface area contributed by atoms with Crippen molar-refractivity contribution in [2.45, 2.75) is 51.6 Å². The van der Waals surface area contributed by atoms with Gasteiger partial charge in [0.15, 0.2) is 0 Å². The van der Waals surface area contributed by atoms with Gasteiger partial charge in [-0.2, -0.15) is 0 Å². The summed E-state index contributed by atoms with van der Waals surface area (Å²) in [6.45, 7) is 4.21. The van der Waals surface area contributed by atoms with E-state index in [1.54, 1.807) is 0 Å². The Morgan fingerprint density at radius 1 is 1.30 bits per heavy atom. The van der Waals surface area contributed by atoms with Crippen molar-refractivity contribution in [3.63, 3.8) is 0 Å². The zero-order valence-electron chi connectivity index (χ0n) is 12.2. The fourth-order valence-electron chi connectivity index (χ4n) is 2.94. The molecule has 4 heteroatoms. The molecule has 0 aliphatic heterocycles. The number of hydrogen-bond donors (Lipinski definition) is 1. The molecule has 106 valence electrons. The van der Waals surface area contributed by atoms with Crippen molar-refractivity contribution < 1.29 is 0 Å². The molecule has 2 aromatic heterocycles. The van der Waals surface area contributed by atoms with E-state index in [-0.39, 0.29) is 6.04 Å². The van der Waals surface area contributed by atoms with Gasteiger partial charge in [0.2, 0.25) is 5.95 Å². The van der Waals surface area contributed by atoms with E-state index in [2.05, 4.69) is 39.0 Å². The maximum atomic E-state index is 4.64. The molecule has 1 fully saturated rings. The Bertz CT molecular complexity index is 555. The first kappa shape index (κ1) is 13.2. The number of nitrogens with zero attached hydrogens (tertiary/aromatic N) is 3. The summed E-state index contributed by atoms with van der Waals surface area (Å²) in [5, 5.41) is 3.61. The van der Waals surface area contributed by atoms with Crippen LogP contribution in [0.25, 0.3) is 0 Å². The van der Waals surface area contributed by atoms with Crippen molar-refractivity contribution in [1.29, 1.82) is 0 Å². The van der Waals surface area contributed by atoms with Crippen LogP contribution in [0.15, 0.2) is 30.6 Å². The molecular formula is C16H22N4. The molecule has 3 rings (SSSR count). The average molecular weight is 270 g/mol. The summed E-state index contributed by atoms with van der Waals surface area (Å²) < 4.78 is 2.20. The molecule has 2 aromatic rings. The Labute approximate surface area is 120 Å². The van der Waals surface area contributed by atoms with E-state index >= 15 is 0 Å². The first-order valence-electron chi connectivity index (χ1n) is 7.47. The maximum Gasteiger partial charge on any atom is 0.203 e. The van der Waals surface area contributed by atoms with Gasteiger partial charge in [0.1, 0.15) is 0 Å². The van der Waals surface area contributed by atoms with Gasteiger partial charge in [-0.15, -0.1) is 0 Å². The van der Waals surface area contributed by atoms with Crippen LogP contribution < -0.4 is 5.32 Å². The summed E-state index contributed by atoms with van der Waals surface area (Å²) in [4.78, 5) is 9.11. The fraction of sp³-hybridized carbons (Fsp3) is 0.500. The molecule has 0 bridgehead atoms. The van der Waals surface area contributed by atoms with Crippen molar-refractivity contribution in [2.24, 2.45) is 0 Å². The van der Waals surface area contributed by atoms with Crippen LogP contribution in [0.1, 0.15) is 50.0 Å². The lowest BCUT2D eigenvalue weighted by Gasteiger charge is -2.19. The number of rotatable bonds is 4. The SMILES string of the molecule is Cc1cn(C(C)c2ccccn2)c(NC2CCCC2)n1. The van der Waals surface area contributed by atoms with Crippen LogP contribution in [0.3, 0.4) is 0 Å². The molecule has 1 atom stereocenters. The van der Waals surface area contributed by atoms with Gasteiger partial charge in [0.05, 0.1) is 17.4 Å². The minimum Gasteiger partial charge on any atom is -0.353 e. The van der Waals surface area contributed by atoms with Gasteiger partial charge in [0.25, 0.3) is 0 Å². The third-order valence-corrected chi connectivity index (χ3v) is 4.07. The van der Waals surface area contributed by atoms with Crippen LogP contribution >= 0.6 is 0 Å². The Kier molecular flexibility index (Phi) is 3.72. The van der Waals surface area contributed by atoms with Crippen molar-refractivity contribution in [1.82, 2.24) is 14.5 Å². The Morgan fingerprint density at radius 3 is 2.80 bits per heavy atom. The first-order valence-corrected chi connectivity index (χ1v) is 7.47. The molecule has 1 aliphatic rings. The third kappa shape index (κ3) is 2.69. The van der Waals surface area contributed by atoms with Crippen LogP contribution in [0, 0.1) is 6.92 Å². The summed E-state index contributed by atoms with van der Waals surface area (Å²) in [7, 11) is 0. The highest BCUT2D eigenvalue weighted by molar-refractivity contribution is 5.33. The minimum absolute atomic E-state index is 0.196. The van der Waals surface area contributed by atoms with Crippen molar-refractivity contribution in [2.75, 3.05) is 5.32 Å². The Morgan fingerprint density at radius 2 is 2.10 bits per heavy atom. The second-order valence-electron chi connectivity index (χ2n) is 5.67. The monoisotopic (exact) mass is 270 g/mol. The molecule has 0 spiro atoms. The molecule has 1 unspecified atom stereocenters. The number of anilines is 1. The van der Waals surface area contributed by atoms with E-state index in [4.69, 9.17) is 0 Å². The molecular weight excluding hydrogens is 248 g/mol. The number of aryl methyl sites for hydroxylation is 1. The summed E-state index contributed by atoms with van der Waals surface area (Å²) in [5.74, 6) is 0.979. The van der Waals surface area contributed by atoms with Crippen molar-refractivity contribution in [3.05, 3.63) is 42.0 Å². The zero-order chi connectivity index (χ0) is 13.9. The fourth-order valence-corrected chi connectivity index (χ4v) is 2.94. The topological polar surface area (TPSA) is 42.7 Å². The van der Waals surface area contributed by atoms with Gasteiger partial charge < -0.3 is 9.88 Å². The van der Waals surface area contributed by atoms with E-state index in [0.717, 1.165) is 17.3 Å². The van der Waals surface area contributed by atoms with Gasteiger partial charge in [-0.3, -0.25) is 4.98 Å². The predicted molar refractivity (Wildman–Crippen MR) is 80.9 cm³/mol.